The standard InChI is InChI=1S/C109H74N4/c1-107(2)93-43-18-11-32-83(93)88-62-60-76(67-98(88)107)110(74-56-52-69(53-57-74)80-39-26-50-102-104(80)91-37-16-23-48-100(91)112(102)72-28-7-5-8-29-72)78-64-71(82-41-25-42-90-87-36-15-22-47-97(87)109(106(82)90)95-45-20-13-34-85(95)86-35-14-21-46-96(86)109)65-79(66-78)111(77-61-63-89-84-33-12-19-44-94(84)108(3,4)99(89)68-77)75-58-54-70(55-59-75)81-40-27-51-103-105(81)92-38-17-24-49-101(92)113(103)73-30-9-6-10-31-73/h5-20,22-45,47-68H,1-4H3. The van der Waals surface area contributed by atoms with E-state index in [9.17, 15) is 0 Å². The third-order valence-electron chi connectivity index (χ3n) is 25.5. The SMILES string of the molecule is CC1(C)c2ccccc2-c2ccc(N(c3ccc(-c4cccc5c4c4ccccc4n5-c4ccccc4)cc3)c3cc(-c4cccc5c4C4(c6c#cccc6-c6ccccc64)c4ccccc4-5)cc(N(c4ccc(-c5cccc6c5c5ccccc5n6-c5ccccc5)cc4)c4ccc5c(c4)C(C)(C)c4ccccc4-5)c3)cc21. The Labute approximate surface area is 658 Å². The normalized spacial score (nSPS) is 13.8. The van der Waals surface area contributed by atoms with Crippen LogP contribution in [0.4, 0.5) is 34.1 Å². The highest BCUT2D eigenvalue weighted by Crippen LogP contribution is 2.65. The van der Waals surface area contributed by atoms with Gasteiger partial charge in [0.2, 0.25) is 0 Å². The number of aromatic nitrogens is 2. The van der Waals surface area contributed by atoms with Gasteiger partial charge in [-0.2, -0.15) is 0 Å². The average molecular weight is 1440 g/mol. The molecular weight excluding hydrogens is 1370 g/mol. The highest BCUT2D eigenvalue weighted by Gasteiger charge is 2.53. The zero-order valence-electron chi connectivity index (χ0n) is 63.1. The minimum Gasteiger partial charge on any atom is -0.310 e. The Morgan fingerprint density at radius 1 is 0.248 bits per heavy atom. The van der Waals surface area contributed by atoms with Crippen LogP contribution in [0.3, 0.4) is 0 Å². The molecule has 0 radical (unpaired) electrons. The second-order valence-electron chi connectivity index (χ2n) is 32.0. The van der Waals surface area contributed by atoms with Crippen molar-refractivity contribution >= 4 is 77.7 Å². The molecule has 19 aromatic rings. The summed E-state index contributed by atoms with van der Waals surface area (Å²) < 4.78 is 4.83. The van der Waals surface area contributed by atoms with Crippen molar-refractivity contribution in [1.82, 2.24) is 9.13 Å². The Bertz CT molecular complexity index is 6780. The van der Waals surface area contributed by atoms with E-state index >= 15 is 0 Å². The van der Waals surface area contributed by atoms with Gasteiger partial charge < -0.3 is 18.9 Å². The number of rotatable bonds is 11. The number of fused-ring (bicyclic) bond motifs is 22. The summed E-state index contributed by atoms with van der Waals surface area (Å²) in [6.07, 6.45) is 0. The largest absolute Gasteiger partial charge is 0.310 e. The fourth-order valence-corrected chi connectivity index (χ4v) is 20.6. The van der Waals surface area contributed by atoms with Gasteiger partial charge in [-0.25, -0.2) is 0 Å². The highest BCUT2D eigenvalue weighted by molar-refractivity contribution is 6.17. The van der Waals surface area contributed by atoms with Gasteiger partial charge in [-0.1, -0.05) is 289 Å². The lowest BCUT2D eigenvalue weighted by Crippen LogP contribution is -2.26. The number of hydrogen-bond acceptors (Lipinski definition) is 2. The molecule has 0 N–H and O–H groups in total. The van der Waals surface area contributed by atoms with Crippen LogP contribution in [0.25, 0.3) is 133 Å². The lowest BCUT2D eigenvalue weighted by molar-refractivity contribution is 0.660. The first kappa shape index (κ1) is 64.7. The van der Waals surface area contributed by atoms with E-state index < -0.39 is 5.41 Å². The van der Waals surface area contributed by atoms with E-state index in [2.05, 4.69) is 429 Å². The third kappa shape index (κ3) is 9.28. The van der Waals surface area contributed by atoms with Gasteiger partial charge in [0, 0.05) is 83.4 Å². The number of hydrogen-bond donors (Lipinski definition) is 0. The Balaban J connectivity index is 0.790. The molecule has 0 aliphatic heterocycles. The molecule has 2 aromatic heterocycles. The van der Waals surface area contributed by atoms with Gasteiger partial charge in [-0.15, -0.1) is 0 Å². The van der Waals surface area contributed by atoms with E-state index in [1.165, 1.54) is 138 Å². The van der Waals surface area contributed by atoms with Crippen molar-refractivity contribution in [2.45, 2.75) is 43.9 Å². The predicted octanol–water partition coefficient (Wildman–Crippen LogP) is 28.4. The average Bonchev–Trinajstić information content (AvgIpc) is 1.50. The molecule has 530 valence electrons. The van der Waals surface area contributed by atoms with Crippen LogP contribution < -0.4 is 9.80 Å². The Kier molecular flexibility index (Phi) is 14.0. The Hall–Kier alpha value is -14.2. The summed E-state index contributed by atoms with van der Waals surface area (Å²) >= 11 is 0. The second-order valence-corrected chi connectivity index (χ2v) is 32.0. The van der Waals surface area contributed by atoms with Crippen molar-refractivity contribution in [3.05, 3.63) is 433 Å². The number of benzene rings is 16. The zero-order chi connectivity index (χ0) is 75.0. The first-order chi connectivity index (χ1) is 55.6. The van der Waals surface area contributed by atoms with Gasteiger partial charge in [-0.05, 0) is 244 Å². The summed E-state index contributed by atoms with van der Waals surface area (Å²) in [5, 5.41) is 4.90. The predicted molar refractivity (Wildman–Crippen MR) is 470 cm³/mol. The molecule has 0 fully saturated rings. The molecule has 17 aromatic carbocycles. The van der Waals surface area contributed by atoms with Crippen LogP contribution in [0.2, 0.25) is 0 Å². The van der Waals surface area contributed by atoms with E-state index in [0.717, 1.165) is 73.3 Å². The number of anilines is 6. The summed E-state index contributed by atoms with van der Waals surface area (Å²) in [4.78, 5) is 5.09. The number of nitrogens with zero attached hydrogens (tertiary/aromatic N) is 4. The van der Waals surface area contributed by atoms with Gasteiger partial charge in [0.1, 0.15) is 0 Å². The summed E-state index contributed by atoms with van der Waals surface area (Å²) in [7, 11) is 0. The van der Waals surface area contributed by atoms with Crippen LogP contribution in [0.5, 0.6) is 0 Å². The summed E-state index contributed by atoms with van der Waals surface area (Å²) in [6, 6.07) is 149. The maximum Gasteiger partial charge on any atom is 0.0810 e. The maximum absolute atomic E-state index is 3.84. The smallest absolute Gasteiger partial charge is 0.0810 e. The second kappa shape index (κ2) is 24.4. The molecule has 4 aliphatic rings. The molecule has 2 heterocycles. The van der Waals surface area contributed by atoms with E-state index in [4.69, 9.17) is 0 Å². The topological polar surface area (TPSA) is 16.3 Å². The van der Waals surface area contributed by atoms with Gasteiger partial charge in [0.25, 0.3) is 0 Å². The monoisotopic (exact) mass is 1440 g/mol. The van der Waals surface area contributed by atoms with Gasteiger partial charge in [0.05, 0.1) is 27.5 Å². The zero-order valence-corrected chi connectivity index (χ0v) is 63.1. The van der Waals surface area contributed by atoms with E-state index in [-0.39, 0.29) is 10.8 Å². The first-order valence-electron chi connectivity index (χ1n) is 39.5. The highest BCUT2D eigenvalue weighted by atomic mass is 15.2. The molecule has 1 spiro atoms. The van der Waals surface area contributed by atoms with Crippen LogP contribution >= 0.6 is 0 Å². The Morgan fingerprint density at radius 2 is 0.619 bits per heavy atom. The molecule has 0 amide bonds. The fraction of sp³-hybridized carbons (Fsp3) is 0.0642. The molecule has 1 atom stereocenters. The molecule has 113 heavy (non-hydrogen) atoms. The molecule has 4 aliphatic carbocycles. The Morgan fingerprint density at radius 3 is 1.12 bits per heavy atom. The van der Waals surface area contributed by atoms with Gasteiger partial charge >= 0.3 is 0 Å². The van der Waals surface area contributed by atoms with Crippen molar-refractivity contribution in [1.29, 1.82) is 0 Å². The fourth-order valence-electron chi connectivity index (χ4n) is 20.6. The summed E-state index contributed by atoms with van der Waals surface area (Å²) in [5.74, 6) is 0. The van der Waals surface area contributed by atoms with Crippen molar-refractivity contribution in [2.75, 3.05) is 9.80 Å². The molecule has 4 nitrogen and oxygen atoms in total. The number of para-hydroxylation sites is 4. The molecule has 4 heteroatoms. The quantitative estimate of drug-likeness (QED) is 0.128. The molecule has 0 bridgehead atoms. The third-order valence-corrected chi connectivity index (χ3v) is 25.5. The van der Waals surface area contributed by atoms with E-state index in [1.54, 1.807) is 0 Å². The molecular formula is C109H74N4. The maximum atomic E-state index is 3.84. The van der Waals surface area contributed by atoms with E-state index in [0.29, 0.717) is 0 Å². The van der Waals surface area contributed by atoms with Crippen molar-refractivity contribution < 1.29 is 0 Å². The van der Waals surface area contributed by atoms with Crippen molar-refractivity contribution in [2.24, 2.45) is 0 Å². The minimum atomic E-state index is -0.721. The summed E-state index contributed by atoms with van der Waals surface area (Å²) in [6.45, 7) is 9.60. The van der Waals surface area contributed by atoms with Crippen LogP contribution in [0.1, 0.15) is 72.2 Å². The van der Waals surface area contributed by atoms with Crippen LogP contribution in [-0.4, -0.2) is 9.13 Å². The lowest BCUT2D eigenvalue weighted by Gasteiger charge is -2.33. The summed E-state index contributed by atoms with van der Waals surface area (Å²) in [5.41, 5.74) is 38.9. The van der Waals surface area contributed by atoms with Crippen LogP contribution in [-0.2, 0) is 16.2 Å². The molecule has 0 saturated heterocycles. The van der Waals surface area contributed by atoms with Gasteiger partial charge in [-0.3, -0.25) is 0 Å². The molecule has 0 saturated carbocycles. The molecule has 23 rings (SSSR count). The van der Waals surface area contributed by atoms with Crippen molar-refractivity contribution in [3.63, 3.8) is 0 Å². The van der Waals surface area contributed by atoms with E-state index in [1.807, 2.05) is 6.07 Å². The van der Waals surface area contributed by atoms with Crippen LogP contribution in [0.15, 0.2) is 376 Å². The minimum absolute atomic E-state index is 0.285. The lowest BCUT2D eigenvalue weighted by atomic mass is 9.69. The van der Waals surface area contributed by atoms with Crippen LogP contribution in [0, 0.1) is 12.1 Å². The first-order valence-corrected chi connectivity index (χ1v) is 39.5. The van der Waals surface area contributed by atoms with Gasteiger partial charge in [0.15, 0.2) is 0 Å². The van der Waals surface area contributed by atoms with Crippen molar-refractivity contribution in [3.8, 4) is 89.3 Å². The molecule has 1 unspecified atom stereocenters.